The third-order valence-corrected chi connectivity index (χ3v) is 8.19. The number of halogens is 1. The van der Waals surface area contributed by atoms with Crippen molar-refractivity contribution in [3.05, 3.63) is 94.8 Å². The van der Waals surface area contributed by atoms with Gasteiger partial charge in [-0.15, -0.1) is 0 Å². The van der Waals surface area contributed by atoms with Crippen LogP contribution in [0.25, 0.3) is 0 Å². The number of likely N-dealkylation sites (N-methyl/N-ethyl adjacent to an activating group) is 1. The van der Waals surface area contributed by atoms with Gasteiger partial charge in [0, 0.05) is 13.6 Å². The Hall–Kier alpha value is -3.72. The molecular formula is C28H32FN3O4S. The highest BCUT2D eigenvalue weighted by Gasteiger charge is 2.33. The Morgan fingerprint density at radius 2 is 1.57 bits per heavy atom. The van der Waals surface area contributed by atoms with Crippen molar-refractivity contribution in [2.45, 2.75) is 45.2 Å². The number of carbonyl (C=O) groups is 2. The van der Waals surface area contributed by atoms with Crippen LogP contribution in [0.3, 0.4) is 0 Å². The standard InChI is InChI=1S/C28H32FN3O4S/c1-19-9-15-25(16-10-19)37(35,36)32(26-8-6-7-20(2)21(26)3)18-27(33)31(22(4)28(34)30-5)17-23-11-13-24(29)14-12-23/h6-16,22H,17-18H2,1-5H3,(H,30,34). The molecule has 0 bridgehead atoms. The summed E-state index contributed by atoms with van der Waals surface area (Å²) in [5, 5.41) is 2.53. The lowest BCUT2D eigenvalue weighted by atomic mass is 10.1. The van der Waals surface area contributed by atoms with Gasteiger partial charge in [-0.1, -0.05) is 42.0 Å². The van der Waals surface area contributed by atoms with Gasteiger partial charge in [-0.2, -0.15) is 0 Å². The maximum absolute atomic E-state index is 13.9. The summed E-state index contributed by atoms with van der Waals surface area (Å²) in [7, 11) is -2.67. The Labute approximate surface area is 218 Å². The number of benzene rings is 3. The summed E-state index contributed by atoms with van der Waals surface area (Å²) >= 11 is 0. The molecule has 0 heterocycles. The molecule has 1 atom stereocenters. The highest BCUT2D eigenvalue weighted by Crippen LogP contribution is 2.29. The molecule has 0 radical (unpaired) electrons. The number of anilines is 1. The van der Waals surface area contributed by atoms with Crippen LogP contribution in [-0.2, 0) is 26.2 Å². The molecule has 37 heavy (non-hydrogen) atoms. The number of sulfonamides is 1. The molecule has 0 aromatic heterocycles. The van der Waals surface area contributed by atoms with Crippen molar-refractivity contribution in [1.29, 1.82) is 0 Å². The second kappa shape index (κ2) is 11.6. The molecule has 0 fully saturated rings. The summed E-state index contributed by atoms with van der Waals surface area (Å²) in [5.41, 5.74) is 3.47. The Balaban J connectivity index is 2.07. The van der Waals surface area contributed by atoms with Crippen LogP contribution in [0, 0.1) is 26.6 Å². The summed E-state index contributed by atoms with van der Waals surface area (Å²) in [6, 6.07) is 16.4. The van der Waals surface area contributed by atoms with E-state index < -0.39 is 40.2 Å². The summed E-state index contributed by atoms with van der Waals surface area (Å²) in [4.78, 5) is 27.6. The summed E-state index contributed by atoms with van der Waals surface area (Å²) < 4.78 is 42.3. The molecule has 3 aromatic carbocycles. The minimum Gasteiger partial charge on any atom is -0.357 e. The second-order valence-electron chi connectivity index (χ2n) is 8.98. The van der Waals surface area contributed by atoms with Gasteiger partial charge in [0.2, 0.25) is 11.8 Å². The number of rotatable bonds is 9. The van der Waals surface area contributed by atoms with Crippen molar-refractivity contribution < 1.29 is 22.4 Å². The topological polar surface area (TPSA) is 86.8 Å². The van der Waals surface area contributed by atoms with Gasteiger partial charge >= 0.3 is 0 Å². The number of carbonyl (C=O) groups excluding carboxylic acids is 2. The third kappa shape index (κ3) is 6.35. The van der Waals surface area contributed by atoms with Crippen molar-refractivity contribution >= 4 is 27.5 Å². The lowest BCUT2D eigenvalue weighted by molar-refractivity contribution is -0.139. The van der Waals surface area contributed by atoms with E-state index in [9.17, 15) is 22.4 Å². The maximum atomic E-state index is 13.9. The molecule has 0 aliphatic carbocycles. The summed E-state index contributed by atoms with van der Waals surface area (Å²) in [5.74, 6) is -1.40. The van der Waals surface area contributed by atoms with Crippen LogP contribution in [0.1, 0.15) is 29.2 Å². The van der Waals surface area contributed by atoms with E-state index in [1.807, 2.05) is 19.9 Å². The molecule has 0 aliphatic heterocycles. The molecule has 0 saturated heterocycles. The van der Waals surface area contributed by atoms with Crippen LogP contribution in [0.5, 0.6) is 0 Å². The van der Waals surface area contributed by atoms with Crippen molar-refractivity contribution in [3.8, 4) is 0 Å². The van der Waals surface area contributed by atoms with Crippen LogP contribution in [-0.4, -0.2) is 44.8 Å². The Bertz CT molecular complexity index is 1370. The van der Waals surface area contributed by atoms with Crippen molar-refractivity contribution in [3.63, 3.8) is 0 Å². The summed E-state index contributed by atoms with van der Waals surface area (Å²) in [6.07, 6.45) is 0. The van der Waals surface area contributed by atoms with Gasteiger partial charge in [-0.3, -0.25) is 13.9 Å². The first-order valence-corrected chi connectivity index (χ1v) is 13.3. The molecule has 0 saturated carbocycles. The lowest BCUT2D eigenvalue weighted by Gasteiger charge is -2.32. The molecule has 7 nitrogen and oxygen atoms in total. The SMILES string of the molecule is CNC(=O)C(C)N(Cc1ccc(F)cc1)C(=O)CN(c1cccc(C)c1C)S(=O)(=O)c1ccc(C)cc1. The molecular weight excluding hydrogens is 493 g/mol. The van der Waals surface area contributed by atoms with Crippen LogP contribution in [0.15, 0.2) is 71.6 Å². The zero-order valence-electron chi connectivity index (χ0n) is 21.7. The molecule has 196 valence electrons. The normalized spacial score (nSPS) is 12.1. The van der Waals surface area contributed by atoms with E-state index in [1.54, 1.807) is 38.1 Å². The van der Waals surface area contributed by atoms with Crippen LogP contribution >= 0.6 is 0 Å². The van der Waals surface area contributed by atoms with Gasteiger partial charge in [0.15, 0.2) is 0 Å². The van der Waals surface area contributed by atoms with Gasteiger partial charge in [-0.25, -0.2) is 12.8 Å². The zero-order valence-corrected chi connectivity index (χ0v) is 22.5. The average molecular weight is 526 g/mol. The van der Waals surface area contributed by atoms with Gasteiger partial charge in [0.05, 0.1) is 10.6 Å². The predicted molar refractivity (Wildman–Crippen MR) is 142 cm³/mol. The molecule has 3 rings (SSSR count). The van der Waals surface area contributed by atoms with Crippen LogP contribution in [0.2, 0.25) is 0 Å². The highest BCUT2D eigenvalue weighted by molar-refractivity contribution is 7.92. The minimum absolute atomic E-state index is 0.00107. The average Bonchev–Trinajstić information content (AvgIpc) is 2.88. The Morgan fingerprint density at radius 3 is 2.16 bits per heavy atom. The van der Waals surface area contributed by atoms with Gasteiger partial charge in [0.1, 0.15) is 18.4 Å². The predicted octanol–water partition coefficient (Wildman–Crippen LogP) is 4.11. The highest BCUT2D eigenvalue weighted by atomic mass is 32.2. The second-order valence-corrected chi connectivity index (χ2v) is 10.8. The fraction of sp³-hybridized carbons (Fsp3) is 0.286. The molecule has 0 spiro atoms. The van der Waals surface area contributed by atoms with E-state index in [4.69, 9.17) is 0 Å². The van der Waals surface area contributed by atoms with Gasteiger partial charge in [0.25, 0.3) is 10.0 Å². The number of nitrogens with one attached hydrogen (secondary N) is 1. The van der Waals surface area contributed by atoms with Crippen molar-refractivity contribution in [2.75, 3.05) is 17.9 Å². The molecule has 1 unspecified atom stereocenters. The number of nitrogens with zero attached hydrogens (tertiary/aromatic N) is 2. The fourth-order valence-electron chi connectivity index (χ4n) is 3.93. The largest absolute Gasteiger partial charge is 0.357 e. The minimum atomic E-state index is -4.13. The van der Waals surface area contributed by atoms with E-state index in [0.29, 0.717) is 11.3 Å². The molecule has 9 heteroatoms. The van der Waals surface area contributed by atoms with E-state index in [2.05, 4.69) is 5.32 Å². The maximum Gasteiger partial charge on any atom is 0.264 e. The Kier molecular flexibility index (Phi) is 8.70. The molecule has 0 aliphatic rings. The zero-order chi connectivity index (χ0) is 27.3. The van der Waals surface area contributed by atoms with Crippen LogP contribution < -0.4 is 9.62 Å². The van der Waals surface area contributed by atoms with Crippen molar-refractivity contribution in [2.24, 2.45) is 0 Å². The Morgan fingerprint density at radius 1 is 0.946 bits per heavy atom. The van der Waals surface area contributed by atoms with E-state index in [0.717, 1.165) is 21.0 Å². The molecule has 3 aromatic rings. The number of aryl methyl sites for hydroxylation is 2. The number of hydrogen-bond acceptors (Lipinski definition) is 4. The van der Waals surface area contributed by atoms with Crippen molar-refractivity contribution in [1.82, 2.24) is 10.2 Å². The first-order valence-electron chi connectivity index (χ1n) is 11.9. The van der Waals surface area contributed by atoms with Gasteiger partial charge in [-0.05, 0) is 74.7 Å². The first kappa shape index (κ1) is 27.9. The summed E-state index contributed by atoms with van der Waals surface area (Å²) in [6.45, 7) is 6.57. The quantitative estimate of drug-likeness (QED) is 0.456. The van der Waals surface area contributed by atoms with Gasteiger partial charge < -0.3 is 10.2 Å². The number of hydrogen-bond donors (Lipinski definition) is 1. The fourth-order valence-corrected chi connectivity index (χ4v) is 5.41. The van der Waals surface area contributed by atoms with E-state index in [-0.39, 0.29) is 11.4 Å². The lowest BCUT2D eigenvalue weighted by Crippen LogP contribution is -2.50. The van der Waals surface area contributed by atoms with E-state index in [1.165, 1.54) is 48.3 Å². The first-order chi connectivity index (χ1) is 17.4. The smallest absolute Gasteiger partial charge is 0.264 e. The van der Waals surface area contributed by atoms with Crippen LogP contribution in [0.4, 0.5) is 10.1 Å². The third-order valence-electron chi connectivity index (χ3n) is 6.41. The molecule has 2 amide bonds. The van der Waals surface area contributed by atoms with E-state index >= 15 is 0 Å². The monoisotopic (exact) mass is 525 g/mol. The molecule has 1 N–H and O–H groups in total. The number of amides is 2.